The maximum absolute atomic E-state index is 11.0. The Hall–Kier alpha value is -2.20. The van der Waals surface area contributed by atoms with Crippen LogP contribution in [0.15, 0.2) is 36.4 Å². The van der Waals surface area contributed by atoms with Gasteiger partial charge in [-0.05, 0) is 73.0 Å². The Morgan fingerprint density at radius 3 is 1.95 bits per heavy atom. The fourth-order valence-corrected chi connectivity index (χ4v) is 2.14. The first-order valence-corrected chi connectivity index (χ1v) is 6.57. The van der Waals surface area contributed by atoms with Gasteiger partial charge in [0.2, 0.25) is 0 Å². The van der Waals surface area contributed by atoms with Gasteiger partial charge in [-0.15, -0.1) is 10.2 Å². The highest BCUT2D eigenvalue weighted by molar-refractivity contribution is 6.67. The van der Waals surface area contributed by atoms with Gasteiger partial charge >= 0.3 is 0 Å². The summed E-state index contributed by atoms with van der Waals surface area (Å²) in [6, 6.07) is 10.9. The number of carbonyl (C=O) groups excluding carboxylic acids is 1. The Bertz CT molecular complexity index is 767. The Kier molecular flexibility index (Phi) is 3.03. The average Bonchev–Trinajstić information content (AvgIpc) is 2.82. The maximum Gasteiger partial charge on any atom is 0.252 e. The minimum Gasteiger partial charge on any atom is -0.276 e. The van der Waals surface area contributed by atoms with E-state index in [0.717, 1.165) is 16.7 Å². The van der Waals surface area contributed by atoms with Crippen molar-refractivity contribution in [3.05, 3.63) is 53.1 Å². The summed E-state index contributed by atoms with van der Waals surface area (Å²) in [7, 11) is 0. The van der Waals surface area contributed by atoms with Crippen molar-refractivity contribution in [2.24, 2.45) is 0 Å². The third-order valence-electron chi connectivity index (χ3n) is 3.32. The molecule has 100 valence electrons. The lowest BCUT2D eigenvalue weighted by atomic mass is 10.1. The van der Waals surface area contributed by atoms with Gasteiger partial charge in [-0.1, -0.05) is 0 Å². The molecule has 0 aliphatic rings. The van der Waals surface area contributed by atoms with E-state index in [1.807, 2.05) is 12.1 Å². The predicted molar refractivity (Wildman–Crippen MR) is 78.5 cm³/mol. The third-order valence-corrected chi connectivity index (χ3v) is 3.54. The molecule has 3 rings (SSSR count). The molecule has 1 heterocycles. The molecule has 0 spiro atoms. The molecule has 0 radical (unpaired) electrons. The molecule has 4 nitrogen and oxygen atoms in total. The molecular weight excluding hydrogens is 274 g/mol. The van der Waals surface area contributed by atoms with Crippen molar-refractivity contribution in [1.29, 1.82) is 0 Å². The van der Waals surface area contributed by atoms with E-state index in [-0.39, 0.29) is 0 Å². The van der Waals surface area contributed by atoms with E-state index in [1.54, 1.807) is 29.1 Å². The molecule has 0 aliphatic heterocycles. The highest BCUT2D eigenvalue weighted by atomic mass is 35.5. The van der Waals surface area contributed by atoms with Crippen LogP contribution in [0.4, 0.5) is 0 Å². The molecule has 0 bridgehead atoms. The molecule has 0 fully saturated rings. The number of hydrogen-bond acceptors (Lipinski definition) is 3. The second-order valence-corrected chi connectivity index (χ2v) is 5.08. The molecule has 5 heteroatoms. The van der Waals surface area contributed by atoms with Crippen molar-refractivity contribution in [2.45, 2.75) is 13.8 Å². The Morgan fingerprint density at radius 1 is 1.00 bits per heavy atom. The van der Waals surface area contributed by atoms with Crippen LogP contribution in [0.1, 0.15) is 21.5 Å². The maximum atomic E-state index is 11.0. The van der Waals surface area contributed by atoms with E-state index in [0.29, 0.717) is 5.56 Å². The van der Waals surface area contributed by atoms with E-state index in [2.05, 4.69) is 24.0 Å². The zero-order chi connectivity index (χ0) is 14.3. The van der Waals surface area contributed by atoms with Gasteiger partial charge in [0.25, 0.3) is 5.24 Å². The Balaban J connectivity index is 2.07. The minimum atomic E-state index is -0.471. The molecule has 0 unspecified atom stereocenters. The van der Waals surface area contributed by atoms with Crippen LogP contribution >= 0.6 is 11.6 Å². The summed E-state index contributed by atoms with van der Waals surface area (Å²) in [4.78, 5) is 12.6. The molecule has 0 aliphatic carbocycles. The van der Waals surface area contributed by atoms with E-state index >= 15 is 0 Å². The van der Waals surface area contributed by atoms with Crippen LogP contribution in [0.5, 0.6) is 0 Å². The van der Waals surface area contributed by atoms with Crippen LogP contribution in [0, 0.1) is 13.8 Å². The SMILES string of the molecule is Cc1cc2nn(-c3ccc(C(=O)Cl)cc3)nc2cc1C. The number of nitrogens with zero attached hydrogens (tertiary/aromatic N) is 3. The summed E-state index contributed by atoms with van der Waals surface area (Å²) in [6.07, 6.45) is 0. The predicted octanol–water partition coefficient (Wildman–Crippen LogP) is 3.42. The third kappa shape index (κ3) is 2.18. The summed E-state index contributed by atoms with van der Waals surface area (Å²) in [5.74, 6) is 0. The number of rotatable bonds is 2. The lowest BCUT2D eigenvalue weighted by molar-refractivity contribution is 0.108. The molecule has 1 aromatic heterocycles. The summed E-state index contributed by atoms with van der Waals surface area (Å²) < 4.78 is 0. The van der Waals surface area contributed by atoms with Gasteiger partial charge in [0.05, 0.1) is 5.69 Å². The van der Waals surface area contributed by atoms with Crippen LogP contribution in [0.2, 0.25) is 0 Å². The highest BCUT2D eigenvalue weighted by Crippen LogP contribution is 2.18. The normalized spacial score (nSPS) is 10.9. The van der Waals surface area contributed by atoms with Crippen molar-refractivity contribution in [1.82, 2.24) is 15.0 Å². The first-order valence-electron chi connectivity index (χ1n) is 6.19. The van der Waals surface area contributed by atoms with Crippen LogP contribution < -0.4 is 0 Å². The van der Waals surface area contributed by atoms with Gasteiger partial charge in [0.1, 0.15) is 11.0 Å². The van der Waals surface area contributed by atoms with Crippen LogP contribution in [0.3, 0.4) is 0 Å². The minimum absolute atomic E-state index is 0.457. The standard InChI is InChI=1S/C15H12ClN3O/c1-9-7-13-14(8-10(9)2)18-19(17-13)12-5-3-11(4-6-12)15(16)20/h3-8H,1-2H3. The van der Waals surface area contributed by atoms with Crippen LogP contribution in [-0.2, 0) is 0 Å². The van der Waals surface area contributed by atoms with E-state index in [9.17, 15) is 4.79 Å². The molecule has 0 saturated carbocycles. The molecule has 0 saturated heterocycles. The lowest BCUT2D eigenvalue weighted by Crippen LogP contribution is -1.99. The number of halogens is 1. The van der Waals surface area contributed by atoms with Crippen LogP contribution in [-0.4, -0.2) is 20.2 Å². The number of fused-ring (bicyclic) bond motifs is 1. The smallest absolute Gasteiger partial charge is 0.252 e. The molecule has 0 amide bonds. The van der Waals surface area contributed by atoms with Crippen molar-refractivity contribution in [2.75, 3.05) is 0 Å². The molecule has 3 aromatic rings. The fraction of sp³-hybridized carbons (Fsp3) is 0.133. The number of aromatic nitrogens is 3. The van der Waals surface area contributed by atoms with E-state index in [1.165, 1.54) is 11.1 Å². The topological polar surface area (TPSA) is 47.8 Å². The fourth-order valence-electron chi connectivity index (χ4n) is 2.01. The summed E-state index contributed by atoms with van der Waals surface area (Å²) in [6.45, 7) is 4.10. The summed E-state index contributed by atoms with van der Waals surface area (Å²) in [5.41, 5.74) is 5.33. The lowest BCUT2D eigenvalue weighted by Gasteiger charge is -1.99. The Morgan fingerprint density at radius 2 is 1.50 bits per heavy atom. The van der Waals surface area contributed by atoms with Crippen molar-refractivity contribution in [3.63, 3.8) is 0 Å². The average molecular weight is 286 g/mol. The van der Waals surface area contributed by atoms with Gasteiger partial charge in [0, 0.05) is 5.56 Å². The number of aryl methyl sites for hydroxylation is 2. The van der Waals surface area contributed by atoms with Gasteiger partial charge in [-0.2, -0.15) is 4.80 Å². The zero-order valence-electron chi connectivity index (χ0n) is 11.1. The summed E-state index contributed by atoms with van der Waals surface area (Å²) >= 11 is 5.42. The van der Waals surface area contributed by atoms with E-state index < -0.39 is 5.24 Å². The first-order chi connectivity index (χ1) is 9.54. The quantitative estimate of drug-likeness (QED) is 0.678. The Labute approximate surface area is 121 Å². The second kappa shape index (κ2) is 4.72. The first kappa shape index (κ1) is 12.8. The number of carbonyl (C=O) groups is 1. The highest BCUT2D eigenvalue weighted by Gasteiger charge is 2.07. The van der Waals surface area contributed by atoms with Gasteiger partial charge in [0.15, 0.2) is 0 Å². The van der Waals surface area contributed by atoms with Gasteiger partial charge in [-0.3, -0.25) is 4.79 Å². The molecular formula is C15H12ClN3O. The summed E-state index contributed by atoms with van der Waals surface area (Å²) in [5, 5.41) is 8.42. The largest absolute Gasteiger partial charge is 0.276 e. The number of benzene rings is 2. The van der Waals surface area contributed by atoms with Crippen molar-refractivity contribution >= 4 is 27.9 Å². The molecule has 20 heavy (non-hydrogen) atoms. The monoisotopic (exact) mass is 285 g/mol. The van der Waals surface area contributed by atoms with Crippen LogP contribution in [0.25, 0.3) is 16.7 Å². The van der Waals surface area contributed by atoms with E-state index in [4.69, 9.17) is 11.6 Å². The number of hydrogen-bond donors (Lipinski definition) is 0. The van der Waals surface area contributed by atoms with Crippen molar-refractivity contribution in [3.8, 4) is 5.69 Å². The zero-order valence-corrected chi connectivity index (χ0v) is 11.8. The van der Waals surface area contributed by atoms with Gasteiger partial charge < -0.3 is 0 Å². The molecule has 0 atom stereocenters. The molecule has 0 N–H and O–H groups in total. The van der Waals surface area contributed by atoms with Gasteiger partial charge in [-0.25, -0.2) is 0 Å². The second-order valence-electron chi connectivity index (χ2n) is 4.74. The van der Waals surface area contributed by atoms with Crippen molar-refractivity contribution < 1.29 is 4.79 Å². The molecule has 2 aromatic carbocycles.